The van der Waals surface area contributed by atoms with E-state index in [1.807, 2.05) is 13.8 Å². The van der Waals surface area contributed by atoms with E-state index in [4.69, 9.17) is 5.73 Å². The van der Waals surface area contributed by atoms with E-state index in [-0.39, 0.29) is 5.82 Å². The average Bonchev–Trinajstić information content (AvgIpc) is 2.32. The van der Waals surface area contributed by atoms with Crippen molar-refractivity contribution < 1.29 is 13.9 Å². The summed E-state index contributed by atoms with van der Waals surface area (Å²) in [6.45, 7) is 5.45. The minimum Gasteiger partial charge on any atom is -0.468 e. The fraction of sp³-hybridized carbons (Fsp3) is 0.462. The fourth-order valence-corrected chi connectivity index (χ4v) is 1.88. The van der Waals surface area contributed by atoms with Gasteiger partial charge in [-0.1, -0.05) is 13.0 Å². The van der Waals surface area contributed by atoms with Crippen LogP contribution in [-0.4, -0.2) is 19.1 Å². The molecule has 3 nitrogen and oxygen atoms in total. The van der Waals surface area contributed by atoms with E-state index in [0.717, 1.165) is 11.1 Å². The molecule has 17 heavy (non-hydrogen) atoms. The molecule has 0 aromatic heterocycles. The van der Waals surface area contributed by atoms with Gasteiger partial charge in [-0.2, -0.15) is 0 Å². The van der Waals surface area contributed by atoms with Crippen molar-refractivity contribution in [2.24, 2.45) is 5.73 Å². The third-order valence-corrected chi connectivity index (χ3v) is 3.20. The lowest BCUT2D eigenvalue weighted by molar-refractivity contribution is -0.142. The van der Waals surface area contributed by atoms with Gasteiger partial charge in [-0.3, -0.25) is 4.79 Å². The van der Waals surface area contributed by atoms with Crippen LogP contribution in [-0.2, 0) is 9.53 Å². The third kappa shape index (κ3) is 2.64. The van der Waals surface area contributed by atoms with Crippen LogP contribution in [0.3, 0.4) is 0 Å². The Labute approximate surface area is 101 Å². The number of esters is 1. The van der Waals surface area contributed by atoms with Crippen LogP contribution in [0, 0.1) is 19.7 Å². The van der Waals surface area contributed by atoms with Gasteiger partial charge in [-0.25, -0.2) is 4.39 Å². The van der Waals surface area contributed by atoms with Gasteiger partial charge in [0.25, 0.3) is 0 Å². The Morgan fingerprint density at radius 1 is 1.41 bits per heavy atom. The second-order valence-electron chi connectivity index (χ2n) is 4.24. The molecule has 0 heterocycles. The van der Waals surface area contributed by atoms with E-state index in [1.165, 1.54) is 13.2 Å². The topological polar surface area (TPSA) is 52.3 Å². The second-order valence-corrected chi connectivity index (χ2v) is 4.24. The van der Waals surface area contributed by atoms with E-state index in [1.54, 1.807) is 13.0 Å². The molecule has 0 fully saturated rings. The first kappa shape index (κ1) is 13.6. The summed E-state index contributed by atoms with van der Waals surface area (Å²) in [7, 11) is 1.27. The number of ether oxygens (including phenoxy) is 1. The van der Waals surface area contributed by atoms with Crippen LogP contribution in [0.2, 0.25) is 0 Å². The van der Waals surface area contributed by atoms with Crippen molar-refractivity contribution >= 4 is 5.97 Å². The molecule has 0 saturated heterocycles. The Bertz CT molecular complexity index is 432. The predicted octanol–water partition coefficient (Wildman–Crippen LogP) is 2.05. The highest BCUT2D eigenvalue weighted by Gasteiger charge is 2.26. The normalized spacial score (nSPS) is 14.2. The summed E-state index contributed by atoms with van der Waals surface area (Å²) in [5.41, 5.74) is 8.05. The summed E-state index contributed by atoms with van der Waals surface area (Å²) in [6.07, 6.45) is 0. The van der Waals surface area contributed by atoms with Crippen LogP contribution >= 0.6 is 0 Å². The Morgan fingerprint density at radius 2 is 2.00 bits per heavy atom. The predicted molar refractivity (Wildman–Crippen MR) is 64.3 cm³/mol. The van der Waals surface area contributed by atoms with Crippen molar-refractivity contribution in [2.75, 3.05) is 7.11 Å². The van der Waals surface area contributed by atoms with Crippen molar-refractivity contribution in [3.05, 3.63) is 34.6 Å². The smallest absolute Gasteiger partial charge is 0.323 e. The number of benzene rings is 1. The minimum atomic E-state index is -0.852. The van der Waals surface area contributed by atoms with Crippen LogP contribution in [0.15, 0.2) is 12.1 Å². The number of halogens is 1. The van der Waals surface area contributed by atoms with E-state index in [2.05, 4.69) is 4.74 Å². The Morgan fingerprint density at radius 3 is 2.53 bits per heavy atom. The van der Waals surface area contributed by atoms with E-state index in [9.17, 15) is 9.18 Å². The number of rotatable bonds is 3. The monoisotopic (exact) mass is 239 g/mol. The maximum absolute atomic E-state index is 13.8. The number of carbonyl (C=O) groups excluding carboxylic acids is 1. The Balaban J connectivity index is 3.16. The molecular formula is C13H18FNO2. The van der Waals surface area contributed by atoms with Crippen LogP contribution in [0.5, 0.6) is 0 Å². The van der Waals surface area contributed by atoms with Crippen LogP contribution in [0.4, 0.5) is 4.39 Å². The van der Waals surface area contributed by atoms with Crippen molar-refractivity contribution in [3.63, 3.8) is 0 Å². The minimum absolute atomic E-state index is 0.333. The van der Waals surface area contributed by atoms with Crippen LogP contribution < -0.4 is 5.73 Å². The molecule has 94 valence electrons. The maximum atomic E-state index is 13.8. The zero-order valence-electron chi connectivity index (χ0n) is 10.6. The van der Waals surface area contributed by atoms with Crippen LogP contribution in [0.1, 0.15) is 29.5 Å². The van der Waals surface area contributed by atoms with Gasteiger partial charge in [0.1, 0.15) is 11.9 Å². The van der Waals surface area contributed by atoms with Gasteiger partial charge in [-0.15, -0.1) is 0 Å². The highest BCUT2D eigenvalue weighted by atomic mass is 19.1. The molecule has 0 saturated carbocycles. The van der Waals surface area contributed by atoms with E-state index in [0.29, 0.717) is 5.56 Å². The lowest BCUT2D eigenvalue weighted by Gasteiger charge is -2.21. The first-order chi connectivity index (χ1) is 7.90. The molecule has 1 rings (SSSR count). The molecule has 0 amide bonds. The number of carbonyl (C=O) groups is 1. The van der Waals surface area contributed by atoms with Gasteiger partial charge in [0.2, 0.25) is 0 Å². The van der Waals surface area contributed by atoms with E-state index < -0.39 is 17.9 Å². The lowest BCUT2D eigenvalue weighted by atomic mass is 9.88. The third-order valence-electron chi connectivity index (χ3n) is 3.20. The number of aryl methyl sites for hydroxylation is 1. The molecule has 0 aliphatic rings. The zero-order valence-corrected chi connectivity index (χ0v) is 10.6. The lowest BCUT2D eigenvalue weighted by Crippen LogP contribution is -2.37. The maximum Gasteiger partial charge on any atom is 0.323 e. The number of hydrogen-bond donors (Lipinski definition) is 1. The Hall–Kier alpha value is -1.42. The van der Waals surface area contributed by atoms with Crippen molar-refractivity contribution in [1.29, 1.82) is 0 Å². The summed E-state index contributed by atoms with van der Waals surface area (Å²) < 4.78 is 18.4. The average molecular weight is 239 g/mol. The molecule has 0 bridgehead atoms. The molecule has 0 spiro atoms. The fourth-order valence-electron chi connectivity index (χ4n) is 1.88. The summed E-state index contributed by atoms with van der Waals surface area (Å²) in [6, 6.07) is 2.26. The molecule has 2 N–H and O–H groups in total. The second kappa shape index (κ2) is 5.27. The molecule has 0 radical (unpaired) electrons. The summed E-state index contributed by atoms with van der Waals surface area (Å²) in [5.74, 6) is -1.28. The van der Waals surface area contributed by atoms with Crippen molar-refractivity contribution in [3.8, 4) is 0 Å². The van der Waals surface area contributed by atoms with E-state index >= 15 is 0 Å². The highest BCUT2D eigenvalue weighted by Crippen LogP contribution is 2.27. The van der Waals surface area contributed by atoms with Crippen molar-refractivity contribution in [1.82, 2.24) is 0 Å². The molecule has 0 aliphatic heterocycles. The Kier molecular flexibility index (Phi) is 4.23. The highest BCUT2D eigenvalue weighted by molar-refractivity contribution is 5.76. The van der Waals surface area contributed by atoms with Crippen molar-refractivity contribution in [2.45, 2.75) is 32.7 Å². The molecule has 2 unspecified atom stereocenters. The standard InChI is InChI=1S/C13H18FNO2/c1-7-5-6-10(14)11(8(7)2)9(3)12(15)13(16)17-4/h5-6,9,12H,15H2,1-4H3. The van der Waals surface area contributed by atoms with Gasteiger partial charge in [0.05, 0.1) is 7.11 Å². The molecule has 1 aromatic rings. The van der Waals surface area contributed by atoms with Gasteiger partial charge in [0.15, 0.2) is 0 Å². The SMILES string of the molecule is COC(=O)C(N)C(C)c1c(F)ccc(C)c1C. The quantitative estimate of drug-likeness (QED) is 0.821. The first-order valence-corrected chi connectivity index (χ1v) is 5.49. The molecule has 2 atom stereocenters. The van der Waals surface area contributed by atoms with Gasteiger partial charge < -0.3 is 10.5 Å². The van der Waals surface area contributed by atoms with Gasteiger partial charge in [0, 0.05) is 5.92 Å². The molecule has 0 aliphatic carbocycles. The number of methoxy groups -OCH3 is 1. The molecular weight excluding hydrogens is 221 g/mol. The first-order valence-electron chi connectivity index (χ1n) is 5.49. The molecule has 1 aromatic carbocycles. The number of nitrogens with two attached hydrogens (primary N) is 1. The summed E-state index contributed by atoms with van der Waals surface area (Å²) in [5, 5.41) is 0. The van der Waals surface area contributed by atoms with Gasteiger partial charge >= 0.3 is 5.97 Å². The van der Waals surface area contributed by atoms with Gasteiger partial charge in [-0.05, 0) is 36.6 Å². The summed E-state index contributed by atoms with van der Waals surface area (Å²) in [4.78, 5) is 11.4. The van der Waals surface area contributed by atoms with Crippen LogP contribution in [0.25, 0.3) is 0 Å². The largest absolute Gasteiger partial charge is 0.468 e. The zero-order chi connectivity index (χ0) is 13.2. The molecule has 4 heteroatoms. The summed E-state index contributed by atoms with van der Waals surface area (Å²) >= 11 is 0. The number of hydrogen-bond acceptors (Lipinski definition) is 3.